The molecular formula is C13H13N3OS2. The molecular weight excluding hydrogens is 278 g/mol. The number of thiocarbonyl (C=S) groups is 1. The minimum absolute atomic E-state index is 0.123. The lowest BCUT2D eigenvalue weighted by atomic mass is 10.1. The summed E-state index contributed by atoms with van der Waals surface area (Å²) in [5.74, 6) is -0.123. The molecule has 1 aromatic carbocycles. The SMILES string of the molecule is Cc1ncsc1CNC(=O)c1ccc(C(N)=S)cc1. The van der Waals surface area contributed by atoms with E-state index in [9.17, 15) is 4.79 Å². The summed E-state index contributed by atoms with van der Waals surface area (Å²) in [6.45, 7) is 2.42. The molecule has 0 aliphatic carbocycles. The zero-order valence-electron chi connectivity index (χ0n) is 10.3. The Morgan fingerprint density at radius 3 is 2.53 bits per heavy atom. The van der Waals surface area contributed by atoms with Gasteiger partial charge in [-0.2, -0.15) is 0 Å². The Balaban J connectivity index is 2.00. The number of hydrogen-bond acceptors (Lipinski definition) is 4. The van der Waals surface area contributed by atoms with Gasteiger partial charge in [0.2, 0.25) is 0 Å². The number of amides is 1. The number of aromatic nitrogens is 1. The maximum atomic E-state index is 11.9. The van der Waals surface area contributed by atoms with Gasteiger partial charge >= 0.3 is 0 Å². The van der Waals surface area contributed by atoms with E-state index in [1.807, 2.05) is 6.92 Å². The van der Waals surface area contributed by atoms with E-state index >= 15 is 0 Å². The summed E-state index contributed by atoms with van der Waals surface area (Å²) >= 11 is 6.40. The molecule has 19 heavy (non-hydrogen) atoms. The first-order chi connectivity index (χ1) is 9.08. The predicted molar refractivity (Wildman–Crippen MR) is 80.4 cm³/mol. The van der Waals surface area contributed by atoms with E-state index in [2.05, 4.69) is 10.3 Å². The highest BCUT2D eigenvalue weighted by Crippen LogP contribution is 2.12. The predicted octanol–water partition coefficient (Wildman–Crippen LogP) is 2.02. The van der Waals surface area contributed by atoms with E-state index in [1.165, 1.54) is 11.3 Å². The highest BCUT2D eigenvalue weighted by molar-refractivity contribution is 7.80. The zero-order chi connectivity index (χ0) is 13.8. The lowest BCUT2D eigenvalue weighted by Gasteiger charge is -2.05. The van der Waals surface area contributed by atoms with Gasteiger partial charge in [-0.15, -0.1) is 11.3 Å². The summed E-state index contributed by atoms with van der Waals surface area (Å²) in [5, 5.41) is 2.86. The second-order valence-electron chi connectivity index (χ2n) is 3.99. The second kappa shape index (κ2) is 5.90. The van der Waals surface area contributed by atoms with Crippen LogP contribution >= 0.6 is 23.6 Å². The standard InChI is InChI=1S/C13H13N3OS2/c1-8-11(19-7-16-8)6-15-13(17)10-4-2-9(3-5-10)12(14)18/h2-5,7H,6H2,1H3,(H2,14,18)(H,15,17). The molecule has 0 saturated carbocycles. The van der Waals surface area contributed by atoms with Crippen LogP contribution in [0.25, 0.3) is 0 Å². The number of nitrogens with one attached hydrogen (secondary N) is 1. The Morgan fingerprint density at radius 2 is 2.00 bits per heavy atom. The van der Waals surface area contributed by atoms with Crippen LogP contribution in [0.4, 0.5) is 0 Å². The van der Waals surface area contributed by atoms with Crippen LogP contribution in [0.2, 0.25) is 0 Å². The zero-order valence-corrected chi connectivity index (χ0v) is 12.0. The lowest BCUT2D eigenvalue weighted by molar-refractivity contribution is 0.0951. The molecule has 1 heterocycles. The Bertz CT molecular complexity index is 605. The van der Waals surface area contributed by atoms with Gasteiger partial charge in [-0.25, -0.2) is 4.98 Å². The first-order valence-corrected chi connectivity index (χ1v) is 6.93. The molecule has 0 spiro atoms. The van der Waals surface area contributed by atoms with Crippen molar-refractivity contribution in [2.75, 3.05) is 0 Å². The molecule has 1 amide bonds. The number of carbonyl (C=O) groups excluding carboxylic acids is 1. The summed E-state index contributed by atoms with van der Waals surface area (Å²) in [6.07, 6.45) is 0. The fourth-order valence-corrected chi connectivity index (χ4v) is 2.40. The number of hydrogen-bond donors (Lipinski definition) is 2. The van der Waals surface area contributed by atoms with Gasteiger partial charge in [-0.3, -0.25) is 4.79 Å². The number of aryl methyl sites for hydroxylation is 1. The van der Waals surface area contributed by atoms with E-state index in [0.717, 1.165) is 16.1 Å². The second-order valence-corrected chi connectivity index (χ2v) is 5.36. The molecule has 0 aliphatic rings. The van der Waals surface area contributed by atoms with E-state index in [1.54, 1.807) is 29.8 Å². The van der Waals surface area contributed by atoms with Crippen molar-refractivity contribution in [3.05, 3.63) is 51.5 Å². The molecule has 3 N–H and O–H groups in total. The van der Waals surface area contributed by atoms with Crippen molar-refractivity contribution in [3.63, 3.8) is 0 Å². The monoisotopic (exact) mass is 291 g/mol. The Labute approximate surface area is 120 Å². The highest BCUT2D eigenvalue weighted by Gasteiger charge is 2.07. The summed E-state index contributed by atoms with van der Waals surface area (Å²) in [7, 11) is 0. The first-order valence-electron chi connectivity index (χ1n) is 5.65. The Morgan fingerprint density at radius 1 is 1.37 bits per heavy atom. The van der Waals surface area contributed by atoms with Crippen LogP contribution < -0.4 is 11.1 Å². The maximum absolute atomic E-state index is 11.9. The van der Waals surface area contributed by atoms with Crippen LogP contribution in [0.3, 0.4) is 0 Å². The molecule has 2 aromatic rings. The van der Waals surface area contributed by atoms with Crippen molar-refractivity contribution < 1.29 is 4.79 Å². The molecule has 0 saturated heterocycles. The third-order valence-electron chi connectivity index (χ3n) is 2.69. The van der Waals surface area contributed by atoms with Crippen molar-refractivity contribution in [3.8, 4) is 0 Å². The van der Waals surface area contributed by atoms with Crippen molar-refractivity contribution in [2.45, 2.75) is 13.5 Å². The molecule has 0 fully saturated rings. The minimum Gasteiger partial charge on any atom is -0.389 e. The van der Waals surface area contributed by atoms with Crippen molar-refractivity contribution in [1.82, 2.24) is 10.3 Å². The smallest absolute Gasteiger partial charge is 0.251 e. The van der Waals surface area contributed by atoms with Gasteiger partial charge in [0.15, 0.2) is 0 Å². The van der Waals surface area contributed by atoms with E-state index in [0.29, 0.717) is 17.1 Å². The summed E-state index contributed by atoms with van der Waals surface area (Å²) in [6, 6.07) is 6.91. The van der Waals surface area contributed by atoms with Gasteiger partial charge in [0.1, 0.15) is 4.99 Å². The van der Waals surface area contributed by atoms with Crippen LogP contribution in [0.15, 0.2) is 29.8 Å². The fourth-order valence-electron chi connectivity index (χ4n) is 1.54. The van der Waals surface area contributed by atoms with Crippen molar-refractivity contribution in [1.29, 1.82) is 0 Å². The summed E-state index contributed by atoms with van der Waals surface area (Å²) in [5.41, 5.74) is 9.57. The average Bonchev–Trinajstić information content (AvgIpc) is 2.81. The average molecular weight is 291 g/mol. The molecule has 1 aromatic heterocycles. The van der Waals surface area contributed by atoms with Gasteiger partial charge in [-0.1, -0.05) is 24.4 Å². The van der Waals surface area contributed by atoms with Gasteiger partial charge < -0.3 is 11.1 Å². The summed E-state index contributed by atoms with van der Waals surface area (Å²) in [4.78, 5) is 17.5. The summed E-state index contributed by atoms with van der Waals surface area (Å²) < 4.78 is 0. The molecule has 0 radical (unpaired) electrons. The quantitative estimate of drug-likeness (QED) is 0.846. The fraction of sp³-hybridized carbons (Fsp3) is 0.154. The third kappa shape index (κ3) is 3.36. The van der Waals surface area contributed by atoms with Crippen molar-refractivity contribution >= 4 is 34.5 Å². The Kier molecular flexibility index (Phi) is 4.24. The van der Waals surface area contributed by atoms with Gasteiger partial charge in [0.25, 0.3) is 5.91 Å². The Hall–Kier alpha value is -1.79. The highest BCUT2D eigenvalue weighted by atomic mass is 32.1. The first kappa shape index (κ1) is 13.6. The van der Waals surface area contributed by atoms with Crippen LogP contribution in [0.1, 0.15) is 26.5 Å². The molecule has 0 bridgehead atoms. The van der Waals surface area contributed by atoms with Crippen LogP contribution in [-0.4, -0.2) is 15.9 Å². The number of rotatable bonds is 4. The van der Waals surface area contributed by atoms with Gasteiger partial charge in [0.05, 0.1) is 17.7 Å². The minimum atomic E-state index is -0.123. The van der Waals surface area contributed by atoms with E-state index in [-0.39, 0.29) is 5.91 Å². The van der Waals surface area contributed by atoms with Crippen LogP contribution in [-0.2, 0) is 6.54 Å². The van der Waals surface area contributed by atoms with Gasteiger partial charge in [0, 0.05) is 16.0 Å². The number of nitrogens with zero attached hydrogens (tertiary/aromatic N) is 1. The number of thiazole rings is 1. The molecule has 0 aliphatic heterocycles. The molecule has 0 atom stereocenters. The third-order valence-corrected chi connectivity index (χ3v) is 3.86. The normalized spacial score (nSPS) is 10.2. The molecule has 4 nitrogen and oxygen atoms in total. The van der Waals surface area contributed by atoms with Crippen molar-refractivity contribution in [2.24, 2.45) is 5.73 Å². The van der Waals surface area contributed by atoms with E-state index < -0.39 is 0 Å². The van der Waals surface area contributed by atoms with Crippen LogP contribution in [0, 0.1) is 6.92 Å². The molecule has 6 heteroatoms. The maximum Gasteiger partial charge on any atom is 0.251 e. The number of nitrogens with two attached hydrogens (primary N) is 1. The topological polar surface area (TPSA) is 68.0 Å². The van der Waals surface area contributed by atoms with Gasteiger partial charge in [-0.05, 0) is 19.1 Å². The molecule has 2 rings (SSSR count). The lowest BCUT2D eigenvalue weighted by Crippen LogP contribution is -2.22. The largest absolute Gasteiger partial charge is 0.389 e. The van der Waals surface area contributed by atoms with E-state index in [4.69, 9.17) is 18.0 Å². The molecule has 98 valence electrons. The number of benzene rings is 1. The molecule has 0 unspecified atom stereocenters. The van der Waals surface area contributed by atoms with Crippen LogP contribution in [0.5, 0.6) is 0 Å². The number of carbonyl (C=O) groups is 1.